The van der Waals surface area contributed by atoms with Gasteiger partial charge >= 0.3 is 6.09 Å². The second-order valence-corrected chi connectivity index (χ2v) is 5.39. The first-order valence-electron chi connectivity index (χ1n) is 5.90. The molecule has 2 heterocycles. The second-order valence-electron chi connectivity index (χ2n) is 4.54. The molecule has 1 aliphatic rings. The zero-order valence-electron chi connectivity index (χ0n) is 9.86. The molecule has 1 atom stereocenters. The number of amides is 1. The molecule has 1 aromatic heterocycles. The highest BCUT2D eigenvalue weighted by molar-refractivity contribution is 9.10. The van der Waals surface area contributed by atoms with Crippen molar-refractivity contribution < 1.29 is 14.3 Å². The molecule has 0 aliphatic carbocycles. The maximum Gasteiger partial charge on any atom is 0.407 e. The summed E-state index contributed by atoms with van der Waals surface area (Å²) < 4.78 is 13.8. The van der Waals surface area contributed by atoms with Crippen LogP contribution < -0.4 is 0 Å². The van der Waals surface area contributed by atoms with Gasteiger partial charge in [0.05, 0.1) is 21.5 Å². The molecule has 3 rings (SSSR count). The highest BCUT2D eigenvalue weighted by Gasteiger charge is 2.32. The molecule has 2 aromatic rings. The van der Waals surface area contributed by atoms with Crippen LogP contribution in [0.5, 0.6) is 0 Å². The molecular formula is C12H11BrFN3O2. The van der Waals surface area contributed by atoms with Crippen molar-refractivity contribution in [1.82, 2.24) is 14.9 Å². The quantitative estimate of drug-likeness (QED) is 0.844. The van der Waals surface area contributed by atoms with Crippen LogP contribution in [-0.2, 0) is 0 Å². The van der Waals surface area contributed by atoms with Crippen LogP contribution in [0.1, 0.15) is 24.7 Å². The number of halogens is 2. The number of likely N-dealkylation sites (tertiary alicyclic amines) is 1. The van der Waals surface area contributed by atoms with Crippen LogP contribution in [0.4, 0.5) is 9.18 Å². The summed E-state index contributed by atoms with van der Waals surface area (Å²) in [6.07, 6.45) is 0.595. The third kappa shape index (κ3) is 2.07. The molecule has 1 fully saturated rings. The van der Waals surface area contributed by atoms with Crippen LogP contribution in [0, 0.1) is 5.82 Å². The van der Waals surface area contributed by atoms with Crippen LogP contribution in [0.25, 0.3) is 11.0 Å². The summed E-state index contributed by atoms with van der Waals surface area (Å²) in [7, 11) is 0. The lowest BCUT2D eigenvalue weighted by Gasteiger charge is -2.19. The summed E-state index contributed by atoms with van der Waals surface area (Å²) in [6.45, 7) is 0.509. The minimum Gasteiger partial charge on any atom is -0.465 e. The summed E-state index contributed by atoms with van der Waals surface area (Å²) in [5.74, 6) is 0.205. The number of nitrogens with one attached hydrogen (secondary N) is 1. The van der Waals surface area contributed by atoms with Crippen molar-refractivity contribution in [2.75, 3.05) is 6.54 Å². The number of carboxylic acid groups (broad SMARTS) is 1. The summed E-state index contributed by atoms with van der Waals surface area (Å²) in [5.41, 5.74) is 1.20. The number of fused-ring (bicyclic) bond motifs is 1. The Morgan fingerprint density at radius 3 is 3.11 bits per heavy atom. The van der Waals surface area contributed by atoms with Crippen molar-refractivity contribution in [2.24, 2.45) is 0 Å². The van der Waals surface area contributed by atoms with Crippen molar-refractivity contribution in [1.29, 1.82) is 0 Å². The average Bonchev–Trinajstić information content (AvgIpc) is 2.95. The molecule has 2 N–H and O–H groups in total. The molecular weight excluding hydrogens is 317 g/mol. The van der Waals surface area contributed by atoms with Crippen molar-refractivity contribution in [3.8, 4) is 0 Å². The van der Waals surface area contributed by atoms with Gasteiger partial charge in [0, 0.05) is 12.6 Å². The molecule has 1 saturated heterocycles. The van der Waals surface area contributed by atoms with Gasteiger partial charge in [-0.1, -0.05) is 0 Å². The lowest BCUT2D eigenvalue weighted by atomic mass is 10.2. The first-order chi connectivity index (χ1) is 9.06. The zero-order valence-corrected chi connectivity index (χ0v) is 11.4. The van der Waals surface area contributed by atoms with E-state index < -0.39 is 6.09 Å². The molecule has 0 radical (unpaired) electrons. The molecule has 0 spiro atoms. The maximum absolute atomic E-state index is 13.4. The highest BCUT2D eigenvalue weighted by atomic mass is 79.9. The van der Waals surface area contributed by atoms with Crippen LogP contribution in [-0.4, -0.2) is 32.6 Å². The van der Waals surface area contributed by atoms with Crippen molar-refractivity contribution >= 4 is 33.1 Å². The largest absolute Gasteiger partial charge is 0.465 e. The zero-order chi connectivity index (χ0) is 13.6. The highest BCUT2D eigenvalue weighted by Crippen LogP contribution is 2.32. The average molecular weight is 328 g/mol. The van der Waals surface area contributed by atoms with E-state index in [1.165, 1.54) is 11.0 Å². The van der Waals surface area contributed by atoms with Gasteiger partial charge in [0.2, 0.25) is 0 Å². The van der Waals surface area contributed by atoms with Crippen molar-refractivity contribution in [3.63, 3.8) is 0 Å². The van der Waals surface area contributed by atoms with E-state index in [9.17, 15) is 9.18 Å². The SMILES string of the molecule is O=C(O)N1CCC[C@H]1c1nc2cc(Br)c(F)cc2[nH]1. The number of carbonyl (C=O) groups is 1. The number of benzene rings is 1. The van der Waals surface area contributed by atoms with E-state index in [4.69, 9.17) is 5.11 Å². The van der Waals surface area contributed by atoms with E-state index in [-0.39, 0.29) is 11.9 Å². The molecule has 7 heteroatoms. The van der Waals surface area contributed by atoms with Crippen LogP contribution in [0.3, 0.4) is 0 Å². The Morgan fingerprint density at radius 2 is 2.37 bits per heavy atom. The maximum atomic E-state index is 13.4. The Kier molecular flexibility index (Phi) is 2.93. The van der Waals surface area contributed by atoms with Crippen molar-refractivity contribution in [3.05, 3.63) is 28.2 Å². The Bertz CT molecular complexity index is 619. The Balaban J connectivity index is 2.03. The normalized spacial score (nSPS) is 19.3. The predicted molar refractivity (Wildman–Crippen MR) is 70.5 cm³/mol. The molecule has 5 nitrogen and oxygen atoms in total. The van der Waals surface area contributed by atoms with E-state index in [0.717, 1.165) is 12.8 Å². The number of hydrogen-bond donors (Lipinski definition) is 2. The van der Waals surface area contributed by atoms with Gasteiger partial charge in [-0.25, -0.2) is 14.2 Å². The Labute approximate surface area is 116 Å². The topological polar surface area (TPSA) is 69.2 Å². The number of hydrogen-bond acceptors (Lipinski definition) is 2. The van der Waals surface area contributed by atoms with E-state index in [0.29, 0.717) is 27.9 Å². The molecule has 0 saturated carbocycles. The summed E-state index contributed by atoms with van der Waals surface area (Å²) in [6, 6.07) is 2.67. The fourth-order valence-corrected chi connectivity index (χ4v) is 2.79. The van der Waals surface area contributed by atoms with E-state index in [1.54, 1.807) is 6.07 Å². The third-order valence-electron chi connectivity index (χ3n) is 3.36. The smallest absolute Gasteiger partial charge is 0.407 e. The Morgan fingerprint density at radius 1 is 1.58 bits per heavy atom. The fourth-order valence-electron chi connectivity index (χ4n) is 2.46. The number of nitrogens with zero attached hydrogens (tertiary/aromatic N) is 2. The van der Waals surface area contributed by atoms with Crippen LogP contribution in [0.2, 0.25) is 0 Å². The predicted octanol–water partition coefficient (Wildman–Crippen LogP) is 3.28. The number of aromatic nitrogens is 2. The van der Waals surface area contributed by atoms with Gasteiger partial charge < -0.3 is 10.1 Å². The van der Waals surface area contributed by atoms with E-state index in [2.05, 4.69) is 25.9 Å². The van der Waals surface area contributed by atoms with Gasteiger partial charge in [-0.3, -0.25) is 4.90 Å². The fraction of sp³-hybridized carbons (Fsp3) is 0.333. The molecule has 100 valence electrons. The van der Waals surface area contributed by atoms with Crippen molar-refractivity contribution in [2.45, 2.75) is 18.9 Å². The minimum atomic E-state index is -0.949. The van der Waals surface area contributed by atoms with Gasteiger partial charge in [-0.15, -0.1) is 0 Å². The number of aromatic amines is 1. The molecule has 0 bridgehead atoms. The van der Waals surface area contributed by atoms with Gasteiger partial charge in [0.1, 0.15) is 11.6 Å². The lowest BCUT2D eigenvalue weighted by Crippen LogP contribution is -2.29. The number of rotatable bonds is 1. The van der Waals surface area contributed by atoms with Crippen LogP contribution >= 0.6 is 15.9 Å². The van der Waals surface area contributed by atoms with Gasteiger partial charge in [0.25, 0.3) is 0 Å². The Hall–Kier alpha value is -1.63. The summed E-state index contributed by atoms with van der Waals surface area (Å²) in [5, 5.41) is 9.12. The van der Waals surface area contributed by atoms with Gasteiger partial charge in [0.15, 0.2) is 0 Å². The minimum absolute atomic E-state index is 0.272. The monoisotopic (exact) mass is 327 g/mol. The number of imidazole rings is 1. The summed E-state index contributed by atoms with van der Waals surface area (Å²) in [4.78, 5) is 19.9. The van der Waals surface area contributed by atoms with Gasteiger partial charge in [-0.05, 0) is 34.8 Å². The molecule has 1 amide bonds. The first-order valence-corrected chi connectivity index (χ1v) is 6.70. The first kappa shape index (κ1) is 12.4. The molecule has 0 unspecified atom stereocenters. The standard InChI is InChI=1S/C12H11BrFN3O2/c13-6-4-8-9(5-7(6)14)16-11(15-8)10-2-1-3-17(10)12(18)19/h4-5,10H,1-3H2,(H,15,16)(H,18,19)/t10-/m0/s1. The number of H-pyrrole nitrogens is 1. The molecule has 19 heavy (non-hydrogen) atoms. The molecule has 1 aromatic carbocycles. The third-order valence-corrected chi connectivity index (χ3v) is 3.96. The summed E-state index contributed by atoms with van der Waals surface area (Å²) >= 11 is 3.11. The second kappa shape index (κ2) is 4.48. The lowest BCUT2D eigenvalue weighted by molar-refractivity contribution is 0.139. The van der Waals surface area contributed by atoms with E-state index >= 15 is 0 Å². The van der Waals surface area contributed by atoms with Crippen LogP contribution in [0.15, 0.2) is 16.6 Å². The van der Waals surface area contributed by atoms with Gasteiger partial charge in [-0.2, -0.15) is 0 Å². The van der Waals surface area contributed by atoms with E-state index in [1.807, 2.05) is 0 Å². The molecule has 1 aliphatic heterocycles.